The van der Waals surface area contributed by atoms with Crippen LogP contribution in [0.4, 0.5) is 8.78 Å². The molecule has 4 rings (SSSR count). The van der Waals surface area contributed by atoms with Gasteiger partial charge in [0.2, 0.25) is 5.91 Å². The summed E-state index contributed by atoms with van der Waals surface area (Å²) in [7, 11) is 1.52. The highest BCUT2D eigenvalue weighted by Gasteiger charge is 2.21. The van der Waals surface area contributed by atoms with Crippen molar-refractivity contribution in [1.29, 1.82) is 0 Å². The number of hydrogen-bond donors (Lipinski definition) is 2. The van der Waals surface area contributed by atoms with Gasteiger partial charge in [0, 0.05) is 12.6 Å². The molecule has 1 heterocycles. The van der Waals surface area contributed by atoms with E-state index in [1.165, 1.54) is 35.6 Å². The first-order chi connectivity index (χ1) is 16.8. The Morgan fingerprint density at radius 1 is 1.11 bits per heavy atom. The first-order valence-electron chi connectivity index (χ1n) is 11.5. The summed E-state index contributed by atoms with van der Waals surface area (Å²) in [5, 5.41) is 17.3. The minimum absolute atomic E-state index is 0.0139. The molecule has 8 nitrogen and oxygen atoms in total. The molecular weight excluding hydrogens is 456 g/mol. The maximum Gasteiger partial charge on any atom is 0.254 e. The Balaban J connectivity index is 1.48. The van der Waals surface area contributed by atoms with Crippen LogP contribution in [0.2, 0.25) is 0 Å². The predicted octanol–water partition coefficient (Wildman–Crippen LogP) is 3.39. The van der Waals surface area contributed by atoms with Crippen molar-refractivity contribution in [2.75, 3.05) is 7.05 Å². The van der Waals surface area contributed by atoms with Gasteiger partial charge < -0.3 is 4.90 Å². The van der Waals surface area contributed by atoms with Crippen LogP contribution in [0.5, 0.6) is 0 Å². The molecule has 3 aromatic rings. The molecule has 1 aliphatic carbocycles. The molecule has 10 heteroatoms. The molecule has 2 amide bonds. The molecular formula is C25H27F2N5O3. The molecule has 1 aromatic heterocycles. The van der Waals surface area contributed by atoms with Gasteiger partial charge in [-0.25, -0.2) is 18.9 Å². The van der Waals surface area contributed by atoms with Crippen molar-refractivity contribution in [3.8, 4) is 0 Å². The average molecular weight is 484 g/mol. The van der Waals surface area contributed by atoms with E-state index in [0.717, 1.165) is 37.0 Å². The number of aryl methyl sites for hydroxylation is 2. The van der Waals surface area contributed by atoms with Gasteiger partial charge in [-0.15, -0.1) is 5.10 Å². The van der Waals surface area contributed by atoms with E-state index < -0.39 is 29.5 Å². The lowest BCUT2D eigenvalue weighted by molar-refractivity contribution is -0.130. The molecule has 0 spiro atoms. The summed E-state index contributed by atoms with van der Waals surface area (Å²) in [6, 6.07) is 8.94. The van der Waals surface area contributed by atoms with Gasteiger partial charge in [0.05, 0.1) is 25.2 Å². The number of fused-ring (bicyclic) bond motifs is 1. The largest absolute Gasteiger partial charge is 0.336 e. The van der Waals surface area contributed by atoms with Crippen LogP contribution in [-0.2, 0) is 30.6 Å². The standard InChI is InChI=1S/C25H27F2N5O3/c1-31(25(34)19-8-9-22(26)23(27)12-19)14-20-15-32(30-28-20)21(13-24(33)29-35)11-16-6-7-17-4-2-3-5-18(17)10-16/h6-10,12,15,21,35H,2-5,11,13-14H2,1H3,(H,29,33)/t21-/m1/s1. The van der Waals surface area contributed by atoms with Crippen molar-refractivity contribution in [2.24, 2.45) is 0 Å². The van der Waals surface area contributed by atoms with E-state index in [1.54, 1.807) is 16.4 Å². The SMILES string of the molecule is CN(Cc1cn([C@@H](CC(=O)NO)Cc2ccc3c(c2)CCCC3)nn1)C(=O)c1ccc(F)c(F)c1. The molecule has 1 aliphatic rings. The van der Waals surface area contributed by atoms with Crippen molar-refractivity contribution < 1.29 is 23.6 Å². The number of amides is 2. The molecule has 0 fully saturated rings. The summed E-state index contributed by atoms with van der Waals surface area (Å²) >= 11 is 0. The van der Waals surface area contributed by atoms with Crippen LogP contribution in [0.25, 0.3) is 0 Å². The van der Waals surface area contributed by atoms with Gasteiger partial charge in [0.25, 0.3) is 5.91 Å². The van der Waals surface area contributed by atoms with E-state index in [4.69, 9.17) is 5.21 Å². The number of carbonyl (C=O) groups is 2. The van der Waals surface area contributed by atoms with Gasteiger partial charge in [-0.2, -0.15) is 0 Å². The van der Waals surface area contributed by atoms with Crippen molar-refractivity contribution >= 4 is 11.8 Å². The van der Waals surface area contributed by atoms with Gasteiger partial charge >= 0.3 is 0 Å². The summed E-state index contributed by atoms with van der Waals surface area (Å²) in [5.74, 6) is -3.16. The van der Waals surface area contributed by atoms with Crippen LogP contribution < -0.4 is 5.48 Å². The Bertz CT molecular complexity index is 1230. The summed E-state index contributed by atoms with van der Waals surface area (Å²) in [6.45, 7) is 0.0790. The fourth-order valence-electron chi connectivity index (χ4n) is 4.43. The number of nitrogens with zero attached hydrogens (tertiary/aromatic N) is 4. The van der Waals surface area contributed by atoms with Crippen LogP contribution in [0.3, 0.4) is 0 Å². The summed E-state index contributed by atoms with van der Waals surface area (Å²) in [6.07, 6.45) is 6.61. The lowest BCUT2D eigenvalue weighted by Gasteiger charge is -2.20. The minimum Gasteiger partial charge on any atom is -0.336 e. The maximum atomic E-state index is 13.5. The first kappa shape index (κ1) is 24.5. The average Bonchev–Trinajstić information content (AvgIpc) is 3.33. The van der Waals surface area contributed by atoms with Crippen molar-refractivity contribution in [2.45, 2.75) is 51.1 Å². The van der Waals surface area contributed by atoms with Crippen molar-refractivity contribution in [3.05, 3.63) is 82.2 Å². The second-order valence-electron chi connectivity index (χ2n) is 8.89. The van der Waals surface area contributed by atoms with Crippen LogP contribution in [0.15, 0.2) is 42.6 Å². The minimum atomic E-state index is -1.10. The summed E-state index contributed by atoms with van der Waals surface area (Å²) in [5.41, 5.74) is 5.90. The van der Waals surface area contributed by atoms with Crippen molar-refractivity contribution in [1.82, 2.24) is 25.4 Å². The predicted molar refractivity (Wildman–Crippen MR) is 123 cm³/mol. The molecule has 0 aliphatic heterocycles. The maximum absolute atomic E-state index is 13.5. The molecule has 2 aromatic carbocycles. The third-order valence-electron chi connectivity index (χ3n) is 6.27. The Hall–Kier alpha value is -3.66. The first-order valence-corrected chi connectivity index (χ1v) is 11.5. The molecule has 1 atom stereocenters. The van der Waals surface area contributed by atoms with Crippen LogP contribution in [-0.4, -0.2) is 44.0 Å². The van der Waals surface area contributed by atoms with Crippen LogP contribution in [0, 0.1) is 11.6 Å². The third kappa shape index (κ3) is 5.89. The highest BCUT2D eigenvalue weighted by atomic mass is 19.2. The second-order valence-corrected chi connectivity index (χ2v) is 8.89. The fourth-order valence-corrected chi connectivity index (χ4v) is 4.43. The van der Waals surface area contributed by atoms with Crippen LogP contribution in [0.1, 0.15) is 58.0 Å². The highest BCUT2D eigenvalue weighted by Crippen LogP contribution is 2.25. The van der Waals surface area contributed by atoms with E-state index in [0.29, 0.717) is 12.1 Å². The quantitative estimate of drug-likeness (QED) is 0.378. The monoisotopic (exact) mass is 483 g/mol. The van der Waals surface area contributed by atoms with Gasteiger partial charge in [0.15, 0.2) is 11.6 Å². The molecule has 0 bridgehead atoms. The fraction of sp³-hybridized carbons (Fsp3) is 0.360. The zero-order valence-electron chi connectivity index (χ0n) is 19.4. The molecule has 0 unspecified atom stereocenters. The van der Waals surface area contributed by atoms with E-state index in [-0.39, 0.29) is 18.5 Å². The Kier molecular flexibility index (Phi) is 7.50. The van der Waals surface area contributed by atoms with E-state index in [1.807, 2.05) is 0 Å². The number of nitrogens with one attached hydrogen (secondary N) is 1. The van der Waals surface area contributed by atoms with Gasteiger partial charge in [-0.3, -0.25) is 14.8 Å². The highest BCUT2D eigenvalue weighted by molar-refractivity contribution is 5.94. The third-order valence-corrected chi connectivity index (χ3v) is 6.27. The lowest BCUT2D eigenvalue weighted by atomic mass is 9.89. The molecule has 35 heavy (non-hydrogen) atoms. The number of rotatable bonds is 8. The van der Waals surface area contributed by atoms with E-state index >= 15 is 0 Å². The van der Waals surface area contributed by atoms with Gasteiger partial charge in [0.1, 0.15) is 5.69 Å². The zero-order chi connectivity index (χ0) is 24.9. The van der Waals surface area contributed by atoms with E-state index in [9.17, 15) is 18.4 Å². The number of carbonyl (C=O) groups excluding carboxylic acids is 2. The smallest absolute Gasteiger partial charge is 0.254 e. The van der Waals surface area contributed by atoms with E-state index in [2.05, 4.69) is 28.5 Å². The molecule has 0 saturated heterocycles. The van der Waals surface area contributed by atoms with Gasteiger partial charge in [-0.1, -0.05) is 23.4 Å². The molecule has 2 N–H and O–H groups in total. The Morgan fingerprint density at radius 3 is 2.63 bits per heavy atom. The molecule has 184 valence electrons. The zero-order valence-corrected chi connectivity index (χ0v) is 19.4. The van der Waals surface area contributed by atoms with Gasteiger partial charge in [-0.05, 0) is 67.0 Å². The molecule has 0 radical (unpaired) electrons. The second kappa shape index (κ2) is 10.7. The topological polar surface area (TPSA) is 100 Å². The molecule has 0 saturated carbocycles. The number of hydroxylamine groups is 1. The normalized spacial score (nSPS) is 13.7. The number of aromatic nitrogens is 3. The Labute approximate surface area is 201 Å². The van der Waals surface area contributed by atoms with Crippen LogP contribution >= 0.6 is 0 Å². The lowest BCUT2D eigenvalue weighted by Crippen LogP contribution is -2.26. The number of halogens is 2. The summed E-state index contributed by atoms with van der Waals surface area (Å²) < 4.78 is 28.2. The number of benzene rings is 2. The Morgan fingerprint density at radius 2 is 1.89 bits per heavy atom. The van der Waals surface area contributed by atoms with Crippen molar-refractivity contribution in [3.63, 3.8) is 0 Å². The number of hydrogen-bond acceptors (Lipinski definition) is 5. The summed E-state index contributed by atoms with van der Waals surface area (Å²) in [4.78, 5) is 25.9.